The molecule has 0 bridgehead atoms. The second kappa shape index (κ2) is 3.83. The van der Waals surface area contributed by atoms with Crippen LogP contribution in [0.3, 0.4) is 0 Å². The molecule has 0 radical (unpaired) electrons. The van der Waals surface area contributed by atoms with Crippen molar-refractivity contribution in [2.24, 2.45) is 0 Å². The van der Waals surface area contributed by atoms with Crippen LogP contribution in [0.1, 0.15) is 6.42 Å². The van der Waals surface area contributed by atoms with E-state index in [0.717, 1.165) is 0 Å². The third kappa shape index (κ3) is 1.96. The molecule has 0 amide bonds. The molecule has 3 atom stereocenters. The monoisotopic (exact) mass is 198 g/mol. The van der Waals surface area contributed by atoms with Crippen LogP contribution in [0.4, 0.5) is 8.78 Å². The highest BCUT2D eigenvalue weighted by molar-refractivity contribution is 4.89. The molecule has 0 spiro atoms. The molecule has 0 aliphatic carbocycles. The molecule has 0 aromatic carbocycles. The minimum Gasteiger partial charge on any atom is -0.393 e. The number of hydrogen-bond acceptors (Lipinski definition) is 4. The van der Waals surface area contributed by atoms with Crippen LogP contribution in [0.25, 0.3) is 0 Å². The summed E-state index contributed by atoms with van der Waals surface area (Å²) in [6, 6.07) is 0. The van der Waals surface area contributed by atoms with E-state index in [1.807, 2.05) is 0 Å². The average Bonchev–Trinajstić information content (AvgIpc) is 2.09. The van der Waals surface area contributed by atoms with Crippen LogP contribution >= 0.6 is 0 Å². The minimum atomic E-state index is -3.41. The van der Waals surface area contributed by atoms with Gasteiger partial charge in [-0.2, -0.15) is 0 Å². The zero-order chi connectivity index (χ0) is 10.1. The molecule has 1 heterocycles. The van der Waals surface area contributed by atoms with Crippen molar-refractivity contribution in [2.45, 2.75) is 30.8 Å². The summed E-state index contributed by atoms with van der Waals surface area (Å²) in [4.78, 5) is 0. The number of aliphatic hydroxyl groups excluding tert-OH is 2. The summed E-state index contributed by atoms with van der Waals surface area (Å²) < 4.78 is 35.3. The normalized spacial score (nSPS) is 39.0. The second-order valence-electron chi connectivity index (χ2n) is 2.90. The van der Waals surface area contributed by atoms with Gasteiger partial charge in [-0.3, -0.25) is 0 Å². The van der Waals surface area contributed by atoms with Crippen LogP contribution < -0.4 is 0 Å². The predicted octanol–water partition coefficient (Wildman–Crippen LogP) is -0.264. The number of aliphatic hydroxyl groups is 2. The van der Waals surface area contributed by atoms with Gasteiger partial charge in [0, 0.05) is 13.5 Å². The minimum absolute atomic E-state index is 0.292. The first-order valence-corrected chi connectivity index (χ1v) is 3.87. The maximum absolute atomic E-state index is 13.0. The maximum Gasteiger partial charge on any atom is 0.301 e. The lowest BCUT2D eigenvalue weighted by Gasteiger charge is -2.37. The van der Waals surface area contributed by atoms with E-state index in [-0.39, 0.29) is 6.42 Å². The van der Waals surface area contributed by atoms with Gasteiger partial charge in [-0.1, -0.05) is 0 Å². The molecule has 1 aliphatic heterocycles. The van der Waals surface area contributed by atoms with Crippen molar-refractivity contribution in [3.63, 3.8) is 0 Å². The molecule has 2 N–H and O–H groups in total. The second-order valence-corrected chi connectivity index (χ2v) is 2.90. The van der Waals surface area contributed by atoms with Crippen molar-refractivity contribution in [1.82, 2.24) is 0 Å². The molecule has 3 unspecified atom stereocenters. The van der Waals surface area contributed by atoms with Crippen LogP contribution in [-0.4, -0.2) is 48.4 Å². The van der Waals surface area contributed by atoms with Crippen LogP contribution in [0.5, 0.6) is 0 Å². The third-order valence-electron chi connectivity index (χ3n) is 2.03. The molecule has 1 aliphatic rings. The molecular formula is C7H12F2O4. The molecule has 0 aromatic heterocycles. The lowest BCUT2D eigenvalue weighted by atomic mass is 10.0. The van der Waals surface area contributed by atoms with Gasteiger partial charge in [0.2, 0.25) is 0 Å². The Morgan fingerprint density at radius 3 is 2.69 bits per heavy atom. The first kappa shape index (κ1) is 10.8. The quantitative estimate of drug-likeness (QED) is 0.641. The van der Waals surface area contributed by atoms with Crippen LogP contribution in [0.2, 0.25) is 0 Å². The number of methoxy groups -OCH3 is 1. The summed E-state index contributed by atoms with van der Waals surface area (Å²) in [6.45, 7) is -0.843. The molecule has 13 heavy (non-hydrogen) atoms. The van der Waals surface area contributed by atoms with Gasteiger partial charge in [0.05, 0.1) is 6.61 Å². The van der Waals surface area contributed by atoms with Crippen LogP contribution in [-0.2, 0) is 9.47 Å². The summed E-state index contributed by atoms with van der Waals surface area (Å²) in [6.07, 6.45) is -4.70. The van der Waals surface area contributed by atoms with Crippen molar-refractivity contribution < 1.29 is 28.5 Å². The summed E-state index contributed by atoms with van der Waals surface area (Å²) in [5.74, 6) is -3.41. The molecule has 0 saturated carbocycles. The Morgan fingerprint density at radius 2 is 2.23 bits per heavy atom. The highest BCUT2D eigenvalue weighted by atomic mass is 19.3. The standard InChI is InChI=1S/C7H12F2O4/c1-12-6-2-4(11)7(8,9)5(3-10)13-6/h4-6,10-11H,2-3H2,1H3. The average molecular weight is 198 g/mol. The Morgan fingerprint density at radius 1 is 1.62 bits per heavy atom. The number of alkyl halides is 2. The SMILES string of the molecule is COC1CC(O)C(F)(F)C(CO)O1. The third-order valence-corrected chi connectivity index (χ3v) is 2.03. The highest BCUT2D eigenvalue weighted by Gasteiger charge is 2.52. The fourth-order valence-electron chi connectivity index (χ4n) is 1.20. The first-order chi connectivity index (χ1) is 6.02. The van der Waals surface area contributed by atoms with E-state index in [1.54, 1.807) is 0 Å². The van der Waals surface area contributed by atoms with Gasteiger partial charge in [0.15, 0.2) is 6.29 Å². The Kier molecular flexibility index (Phi) is 3.18. The smallest absolute Gasteiger partial charge is 0.301 e. The van der Waals surface area contributed by atoms with E-state index in [9.17, 15) is 8.78 Å². The van der Waals surface area contributed by atoms with E-state index in [1.165, 1.54) is 7.11 Å². The number of halogens is 2. The van der Waals surface area contributed by atoms with Gasteiger partial charge in [0.1, 0.15) is 12.2 Å². The van der Waals surface area contributed by atoms with Gasteiger partial charge >= 0.3 is 5.92 Å². The largest absolute Gasteiger partial charge is 0.393 e. The van der Waals surface area contributed by atoms with Crippen molar-refractivity contribution in [3.8, 4) is 0 Å². The van der Waals surface area contributed by atoms with Gasteiger partial charge in [-0.05, 0) is 0 Å². The van der Waals surface area contributed by atoms with Crippen molar-refractivity contribution in [3.05, 3.63) is 0 Å². The van der Waals surface area contributed by atoms with Crippen LogP contribution in [0, 0.1) is 0 Å². The Balaban J connectivity index is 2.69. The Hall–Kier alpha value is -0.300. The topological polar surface area (TPSA) is 58.9 Å². The van der Waals surface area contributed by atoms with E-state index >= 15 is 0 Å². The fraction of sp³-hybridized carbons (Fsp3) is 1.00. The molecule has 1 fully saturated rings. The fourth-order valence-corrected chi connectivity index (χ4v) is 1.20. The first-order valence-electron chi connectivity index (χ1n) is 3.87. The summed E-state index contributed by atoms with van der Waals surface area (Å²) >= 11 is 0. The van der Waals surface area contributed by atoms with Crippen LogP contribution in [0.15, 0.2) is 0 Å². The Bertz CT molecular complexity index is 176. The van der Waals surface area contributed by atoms with E-state index in [2.05, 4.69) is 9.47 Å². The molecule has 1 saturated heterocycles. The highest BCUT2D eigenvalue weighted by Crippen LogP contribution is 2.34. The predicted molar refractivity (Wildman–Crippen MR) is 38.3 cm³/mol. The molecule has 0 aromatic rings. The molecule has 4 nitrogen and oxygen atoms in total. The van der Waals surface area contributed by atoms with Crippen molar-refractivity contribution >= 4 is 0 Å². The van der Waals surface area contributed by atoms with E-state index in [0.29, 0.717) is 0 Å². The summed E-state index contributed by atoms with van der Waals surface area (Å²) in [5, 5.41) is 17.6. The maximum atomic E-state index is 13.0. The Labute approximate surface area is 74.1 Å². The number of hydrogen-bond donors (Lipinski definition) is 2. The van der Waals surface area contributed by atoms with Crippen molar-refractivity contribution in [1.29, 1.82) is 0 Å². The number of ether oxygens (including phenoxy) is 2. The molecule has 6 heteroatoms. The lowest BCUT2D eigenvalue weighted by Crippen LogP contribution is -2.55. The summed E-state index contributed by atoms with van der Waals surface area (Å²) in [7, 11) is 1.29. The van der Waals surface area contributed by atoms with E-state index < -0.39 is 31.0 Å². The van der Waals surface area contributed by atoms with Gasteiger partial charge in [-0.15, -0.1) is 0 Å². The molecule has 78 valence electrons. The van der Waals surface area contributed by atoms with Gasteiger partial charge in [-0.25, -0.2) is 8.78 Å². The van der Waals surface area contributed by atoms with E-state index in [4.69, 9.17) is 10.2 Å². The van der Waals surface area contributed by atoms with Gasteiger partial charge < -0.3 is 19.7 Å². The lowest BCUT2D eigenvalue weighted by molar-refractivity contribution is -0.302. The zero-order valence-corrected chi connectivity index (χ0v) is 7.11. The van der Waals surface area contributed by atoms with Crippen molar-refractivity contribution in [2.75, 3.05) is 13.7 Å². The zero-order valence-electron chi connectivity index (χ0n) is 7.11. The number of rotatable bonds is 2. The van der Waals surface area contributed by atoms with Gasteiger partial charge in [0.25, 0.3) is 0 Å². The molecule has 1 rings (SSSR count). The summed E-state index contributed by atoms with van der Waals surface area (Å²) in [5.41, 5.74) is 0. The molecular weight excluding hydrogens is 186 g/mol.